The number of rotatable bonds is 3. The van der Waals surface area contributed by atoms with Crippen LogP contribution in [0.5, 0.6) is 0 Å². The summed E-state index contributed by atoms with van der Waals surface area (Å²) in [6.07, 6.45) is 6.43. The van der Waals surface area contributed by atoms with Crippen LogP contribution in [0.2, 0.25) is 0 Å². The van der Waals surface area contributed by atoms with Gasteiger partial charge in [-0.3, -0.25) is 0 Å². The van der Waals surface area contributed by atoms with Gasteiger partial charge in [-0.15, -0.1) is 0 Å². The van der Waals surface area contributed by atoms with Gasteiger partial charge in [-0.25, -0.2) is 0 Å². The molecule has 0 spiro atoms. The molecule has 134 valence electrons. The molecule has 0 aliphatic rings. The first kappa shape index (κ1) is 15.3. The van der Waals surface area contributed by atoms with Crippen molar-refractivity contribution >= 4 is 32.6 Å². The summed E-state index contributed by atoms with van der Waals surface area (Å²) in [6, 6.07) is 25.6. The quantitative estimate of drug-likeness (QED) is 0.331. The number of H-pyrrole nitrogens is 3. The van der Waals surface area contributed by atoms with Crippen LogP contribution in [0.3, 0.4) is 0 Å². The lowest BCUT2D eigenvalue weighted by molar-refractivity contribution is 0.960. The summed E-state index contributed by atoms with van der Waals surface area (Å²) in [4.78, 5) is 10.5. The monoisotopic (exact) mass is 361 g/mol. The van der Waals surface area contributed by atoms with Crippen molar-refractivity contribution in [1.29, 1.82) is 0 Å². The van der Waals surface area contributed by atoms with Crippen molar-refractivity contribution < 1.29 is 0 Å². The van der Waals surface area contributed by atoms with Gasteiger partial charge < -0.3 is 15.0 Å². The van der Waals surface area contributed by atoms with Crippen LogP contribution in [0, 0.1) is 0 Å². The van der Waals surface area contributed by atoms with Gasteiger partial charge in [0.2, 0.25) is 0 Å². The fraction of sp³-hybridized carbons (Fsp3) is 0.0400. The highest BCUT2D eigenvalue weighted by Gasteiger charge is 2.25. The van der Waals surface area contributed by atoms with E-state index in [9.17, 15) is 0 Å². The Morgan fingerprint density at radius 1 is 0.500 bits per heavy atom. The highest BCUT2D eigenvalue weighted by Crippen LogP contribution is 2.41. The van der Waals surface area contributed by atoms with E-state index in [0.29, 0.717) is 0 Å². The molecule has 0 amide bonds. The van der Waals surface area contributed by atoms with E-state index in [-0.39, 0.29) is 5.92 Å². The van der Waals surface area contributed by atoms with Crippen LogP contribution in [0.4, 0.5) is 0 Å². The highest BCUT2D eigenvalue weighted by atomic mass is 14.7. The van der Waals surface area contributed by atoms with Crippen molar-refractivity contribution in [2.45, 2.75) is 5.92 Å². The first-order valence-corrected chi connectivity index (χ1v) is 9.58. The average Bonchev–Trinajstić information content (AvgIpc) is 3.47. The second-order valence-electron chi connectivity index (χ2n) is 7.30. The Kier molecular flexibility index (Phi) is 3.23. The van der Waals surface area contributed by atoms with Crippen molar-refractivity contribution in [3.05, 3.63) is 108 Å². The van der Waals surface area contributed by atoms with Gasteiger partial charge >= 0.3 is 0 Å². The minimum atomic E-state index is 0.104. The molecule has 3 heterocycles. The number of benzene rings is 3. The van der Waals surface area contributed by atoms with Crippen LogP contribution in [0.15, 0.2) is 91.4 Å². The van der Waals surface area contributed by atoms with Crippen LogP contribution in [-0.2, 0) is 0 Å². The second kappa shape index (κ2) is 5.89. The molecule has 6 aromatic rings. The third kappa shape index (κ3) is 2.16. The number of nitrogens with one attached hydrogen (secondary N) is 3. The molecular formula is C25H19N3. The van der Waals surface area contributed by atoms with Gasteiger partial charge in [-0.1, -0.05) is 60.7 Å². The fourth-order valence-electron chi connectivity index (χ4n) is 4.48. The summed E-state index contributed by atoms with van der Waals surface area (Å²) in [6.45, 7) is 0. The third-order valence-electron chi connectivity index (χ3n) is 5.79. The van der Waals surface area contributed by atoms with E-state index in [0.717, 1.165) is 0 Å². The molecule has 3 aromatic heterocycles. The van der Waals surface area contributed by atoms with E-state index in [4.69, 9.17) is 0 Å². The molecule has 0 radical (unpaired) electrons. The van der Waals surface area contributed by atoms with Crippen molar-refractivity contribution in [2.24, 2.45) is 0 Å². The molecule has 0 saturated heterocycles. The lowest BCUT2D eigenvalue weighted by Gasteiger charge is -2.16. The fourth-order valence-corrected chi connectivity index (χ4v) is 4.48. The van der Waals surface area contributed by atoms with Gasteiger partial charge in [0.05, 0.1) is 5.92 Å². The van der Waals surface area contributed by atoms with Crippen LogP contribution in [0.1, 0.15) is 22.7 Å². The molecule has 28 heavy (non-hydrogen) atoms. The van der Waals surface area contributed by atoms with Crippen LogP contribution >= 0.6 is 0 Å². The average molecular weight is 361 g/mol. The maximum atomic E-state index is 3.59. The summed E-state index contributed by atoms with van der Waals surface area (Å²) in [5.74, 6) is 0.104. The smallest absolute Gasteiger partial charge is 0.0539 e. The Hall–Kier alpha value is -3.72. The molecule has 0 aliphatic heterocycles. The maximum Gasteiger partial charge on any atom is 0.0539 e. The molecule has 3 heteroatoms. The summed E-state index contributed by atoms with van der Waals surface area (Å²) < 4.78 is 0. The van der Waals surface area contributed by atoms with E-state index in [1.807, 2.05) is 0 Å². The van der Waals surface area contributed by atoms with Gasteiger partial charge in [-0.2, -0.15) is 0 Å². The lowest BCUT2D eigenvalue weighted by Crippen LogP contribution is -2.03. The SMILES string of the molecule is c1ccc2c(C(c3c[nH]c4ccccc34)c3c[nH]c4ccccc34)[nH]cc2c1. The maximum absolute atomic E-state index is 3.59. The molecule has 0 unspecified atom stereocenters. The van der Waals surface area contributed by atoms with Crippen LogP contribution in [0.25, 0.3) is 32.6 Å². The Labute approximate surface area is 162 Å². The number of para-hydroxylation sites is 2. The molecule has 3 aromatic carbocycles. The number of hydrogen-bond donors (Lipinski definition) is 3. The predicted molar refractivity (Wildman–Crippen MR) is 116 cm³/mol. The Balaban J connectivity index is 1.69. The van der Waals surface area contributed by atoms with E-state index < -0.39 is 0 Å². The van der Waals surface area contributed by atoms with E-state index >= 15 is 0 Å². The van der Waals surface area contributed by atoms with Crippen LogP contribution < -0.4 is 0 Å². The minimum absolute atomic E-state index is 0.104. The van der Waals surface area contributed by atoms with Crippen molar-refractivity contribution in [3.63, 3.8) is 0 Å². The number of hydrogen-bond acceptors (Lipinski definition) is 0. The Bertz CT molecular complexity index is 1250. The second-order valence-corrected chi connectivity index (χ2v) is 7.30. The summed E-state index contributed by atoms with van der Waals surface area (Å²) in [5, 5.41) is 5.03. The Morgan fingerprint density at radius 2 is 1.04 bits per heavy atom. The minimum Gasteiger partial charge on any atom is -0.363 e. The topological polar surface area (TPSA) is 47.4 Å². The van der Waals surface area contributed by atoms with E-state index in [2.05, 4.69) is 106 Å². The summed E-state index contributed by atoms with van der Waals surface area (Å²) in [5.41, 5.74) is 6.13. The zero-order chi connectivity index (χ0) is 18.5. The normalized spacial score (nSPS) is 11.9. The molecule has 3 nitrogen and oxygen atoms in total. The molecule has 0 fully saturated rings. The van der Waals surface area contributed by atoms with Crippen molar-refractivity contribution in [3.8, 4) is 0 Å². The van der Waals surface area contributed by atoms with Crippen molar-refractivity contribution in [2.75, 3.05) is 0 Å². The van der Waals surface area contributed by atoms with Crippen molar-refractivity contribution in [1.82, 2.24) is 15.0 Å². The highest BCUT2D eigenvalue weighted by molar-refractivity contribution is 5.92. The van der Waals surface area contributed by atoms with Gasteiger partial charge in [0.15, 0.2) is 0 Å². The molecular weight excluding hydrogens is 342 g/mol. The van der Waals surface area contributed by atoms with E-state index in [1.165, 1.54) is 49.4 Å². The molecule has 0 atom stereocenters. The molecule has 0 saturated carbocycles. The first-order valence-electron chi connectivity index (χ1n) is 9.58. The summed E-state index contributed by atoms with van der Waals surface area (Å²) in [7, 11) is 0. The lowest BCUT2D eigenvalue weighted by atomic mass is 9.86. The van der Waals surface area contributed by atoms with Crippen LogP contribution in [-0.4, -0.2) is 15.0 Å². The Morgan fingerprint density at radius 3 is 1.68 bits per heavy atom. The molecule has 6 rings (SSSR count). The first-order chi connectivity index (χ1) is 13.9. The zero-order valence-corrected chi connectivity index (χ0v) is 15.2. The van der Waals surface area contributed by atoms with Gasteiger partial charge in [0, 0.05) is 51.5 Å². The largest absolute Gasteiger partial charge is 0.363 e. The number of fused-ring (bicyclic) bond motifs is 3. The third-order valence-corrected chi connectivity index (χ3v) is 5.79. The van der Waals surface area contributed by atoms with Gasteiger partial charge in [0.1, 0.15) is 0 Å². The number of aromatic amines is 3. The molecule has 0 bridgehead atoms. The molecule has 3 N–H and O–H groups in total. The van der Waals surface area contributed by atoms with Gasteiger partial charge in [0.25, 0.3) is 0 Å². The summed E-state index contributed by atoms with van der Waals surface area (Å²) >= 11 is 0. The molecule has 0 aliphatic carbocycles. The van der Waals surface area contributed by atoms with E-state index in [1.54, 1.807) is 0 Å². The predicted octanol–water partition coefficient (Wildman–Crippen LogP) is 6.31. The number of aromatic nitrogens is 3. The zero-order valence-electron chi connectivity index (χ0n) is 15.2. The van der Waals surface area contributed by atoms with Gasteiger partial charge in [-0.05, 0) is 28.6 Å². The standard InChI is InChI=1S/C25H19N3/c1-2-8-17-16(7-1)13-28-25(17)24(20-14-26-22-11-5-3-9-18(20)22)21-15-27-23-12-6-4-10-19(21)23/h1-15,24,26-28H.